The van der Waals surface area contributed by atoms with Crippen molar-refractivity contribution in [1.29, 1.82) is 0 Å². The molecule has 0 aromatic heterocycles. The number of carbonyl (C=O) groups is 1. The lowest BCUT2D eigenvalue weighted by Gasteiger charge is -2.27. The number of hydrogen-bond donors (Lipinski definition) is 1. The Kier molecular flexibility index (Phi) is 4.94. The molecule has 0 saturated heterocycles. The largest absolute Gasteiger partial charge is 0.478 e. The van der Waals surface area contributed by atoms with Crippen molar-refractivity contribution in [2.45, 2.75) is 31.7 Å². The zero-order chi connectivity index (χ0) is 16.9. The summed E-state index contributed by atoms with van der Waals surface area (Å²) in [5, 5.41) is 9.27. The van der Waals surface area contributed by atoms with Gasteiger partial charge in [-0.3, -0.25) is 4.99 Å². The Bertz CT molecular complexity index is 735. The van der Waals surface area contributed by atoms with Gasteiger partial charge in [0.1, 0.15) is 0 Å². The van der Waals surface area contributed by atoms with Gasteiger partial charge in [-0.2, -0.15) is 0 Å². The van der Waals surface area contributed by atoms with Gasteiger partial charge in [-0.05, 0) is 36.6 Å². The number of aromatic carboxylic acids is 1. The first-order chi connectivity index (χ1) is 11.6. The molecule has 0 heterocycles. The molecule has 0 amide bonds. The maximum Gasteiger partial charge on any atom is 0.335 e. The summed E-state index contributed by atoms with van der Waals surface area (Å²) in [6, 6.07) is 15.5. The van der Waals surface area contributed by atoms with Crippen LogP contribution in [0.5, 0.6) is 0 Å². The van der Waals surface area contributed by atoms with Crippen LogP contribution in [0.15, 0.2) is 53.5 Å². The van der Waals surface area contributed by atoms with Gasteiger partial charge >= 0.3 is 5.97 Å². The average Bonchev–Trinajstić information content (AvgIpc) is 3.14. The smallest absolute Gasteiger partial charge is 0.335 e. The summed E-state index contributed by atoms with van der Waals surface area (Å²) in [5.74, 6) is -0.929. The first-order valence-electron chi connectivity index (χ1n) is 8.34. The molecular weight excluding hydrogens is 300 g/mol. The third-order valence-corrected chi connectivity index (χ3v) is 4.63. The van der Waals surface area contributed by atoms with Crippen LogP contribution in [0.4, 0.5) is 11.4 Å². The fraction of sp³-hybridized carbons (Fsp3) is 0.300. The van der Waals surface area contributed by atoms with Gasteiger partial charge in [0.25, 0.3) is 0 Å². The van der Waals surface area contributed by atoms with Crippen LogP contribution in [-0.2, 0) is 0 Å². The van der Waals surface area contributed by atoms with E-state index < -0.39 is 5.97 Å². The highest BCUT2D eigenvalue weighted by Gasteiger charge is 2.22. The van der Waals surface area contributed by atoms with Gasteiger partial charge in [-0.15, -0.1) is 0 Å². The van der Waals surface area contributed by atoms with Crippen LogP contribution < -0.4 is 4.90 Å². The van der Waals surface area contributed by atoms with Crippen molar-refractivity contribution in [3.63, 3.8) is 0 Å². The standard InChI is InChI=1S/C20H22N2O2/c1-22(17-9-5-6-10-17)19-12-11-16(20(23)24)13-18(19)21-14-15-7-3-2-4-8-15/h2-4,7-8,11-14,17H,5-6,9-10H2,1H3,(H,23,24). The Morgan fingerprint density at radius 1 is 1.17 bits per heavy atom. The van der Waals surface area contributed by atoms with Crippen LogP contribution in [0.25, 0.3) is 0 Å². The van der Waals surface area contributed by atoms with E-state index in [2.05, 4.69) is 16.9 Å². The molecule has 1 aliphatic rings. The molecule has 0 atom stereocenters. The van der Waals surface area contributed by atoms with E-state index in [4.69, 9.17) is 0 Å². The van der Waals surface area contributed by atoms with Crippen molar-refractivity contribution in [2.24, 2.45) is 4.99 Å². The molecule has 0 aliphatic heterocycles. The zero-order valence-corrected chi connectivity index (χ0v) is 13.9. The minimum Gasteiger partial charge on any atom is -0.478 e. The third-order valence-electron chi connectivity index (χ3n) is 4.63. The van der Waals surface area contributed by atoms with Crippen molar-refractivity contribution in [1.82, 2.24) is 0 Å². The second-order valence-electron chi connectivity index (χ2n) is 6.23. The Balaban J connectivity index is 1.95. The fourth-order valence-corrected chi connectivity index (χ4v) is 3.23. The van der Waals surface area contributed by atoms with E-state index in [1.807, 2.05) is 36.4 Å². The minimum absolute atomic E-state index is 0.263. The minimum atomic E-state index is -0.929. The maximum atomic E-state index is 11.3. The van der Waals surface area contributed by atoms with Crippen molar-refractivity contribution in [2.75, 3.05) is 11.9 Å². The van der Waals surface area contributed by atoms with Gasteiger partial charge in [0, 0.05) is 19.3 Å². The molecule has 4 heteroatoms. The van der Waals surface area contributed by atoms with Gasteiger partial charge in [-0.1, -0.05) is 43.2 Å². The van der Waals surface area contributed by atoms with Crippen LogP contribution in [0.1, 0.15) is 41.6 Å². The lowest BCUT2D eigenvalue weighted by Crippen LogP contribution is -2.28. The lowest BCUT2D eigenvalue weighted by atomic mass is 10.1. The van der Waals surface area contributed by atoms with Crippen molar-refractivity contribution in [3.8, 4) is 0 Å². The number of rotatable bonds is 5. The van der Waals surface area contributed by atoms with E-state index in [9.17, 15) is 9.90 Å². The van der Waals surface area contributed by atoms with Crippen LogP contribution in [0.3, 0.4) is 0 Å². The zero-order valence-electron chi connectivity index (χ0n) is 13.9. The predicted molar refractivity (Wildman–Crippen MR) is 97.8 cm³/mol. The number of benzene rings is 2. The van der Waals surface area contributed by atoms with E-state index in [0.29, 0.717) is 11.7 Å². The Morgan fingerprint density at radius 2 is 1.88 bits per heavy atom. The number of aliphatic imine (C=N–C) groups is 1. The normalized spacial score (nSPS) is 15.0. The molecule has 1 saturated carbocycles. The van der Waals surface area contributed by atoms with Gasteiger partial charge in [0.2, 0.25) is 0 Å². The Morgan fingerprint density at radius 3 is 2.54 bits per heavy atom. The molecule has 3 rings (SSSR count). The topological polar surface area (TPSA) is 52.9 Å². The SMILES string of the molecule is CN(c1ccc(C(=O)O)cc1N=Cc1ccccc1)C1CCCC1. The van der Waals surface area contributed by atoms with Gasteiger partial charge in [0.05, 0.1) is 16.9 Å². The number of carboxylic acids is 1. The highest BCUT2D eigenvalue weighted by atomic mass is 16.4. The quantitative estimate of drug-likeness (QED) is 0.824. The van der Waals surface area contributed by atoms with Crippen molar-refractivity contribution >= 4 is 23.6 Å². The highest BCUT2D eigenvalue weighted by molar-refractivity contribution is 5.92. The monoisotopic (exact) mass is 322 g/mol. The van der Waals surface area contributed by atoms with Crippen molar-refractivity contribution in [3.05, 3.63) is 59.7 Å². The fourth-order valence-electron chi connectivity index (χ4n) is 3.23. The van der Waals surface area contributed by atoms with E-state index in [-0.39, 0.29) is 5.56 Å². The second kappa shape index (κ2) is 7.30. The molecule has 1 aliphatic carbocycles. The molecule has 0 spiro atoms. The van der Waals surface area contributed by atoms with Gasteiger partial charge < -0.3 is 10.0 Å². The molecule has 1 fully saturated rings. The summed E-state index contributed by atoms with van der Waals surface area (Å²) < 4.78 is 0. The maximum absolute atomic E-state index is 11.3. The first-order valence-corrected chi connectivity index (χ1v) is 8.34. The summed E-state index contributed by atoms with van der Waals surface area (Å²) in [6.45, 7) is 0. The Hall–Kier alpha value is -2.62. The summed E-state index contributed by atoms with van der Waals surface area (Å²) in [5.41, 5.74) is 2.94. The van der Waals surface area contributed by atoms with Gasteiger partial charge in [-0.25, -0.2) is 4.79 Å². The summed E-state index contributed by atoms with van der Waals surface area (Å²) in [7, 11) is 2.08. The Labute approximate surface area is 142 Å². The molecule has 0 radical (unpaired) electrons. The summed E-state index contributed by atoms with van der Waals surface area (Å²) >= 11 is 0. The molecule has 4 nitrogen and oxygen atoms in total. The molecule has 24 heavy (non-hydrogen) atoms. The summed E-state index contributed by atoms with van der Waals surface area (Å²) in [4.78, 5) is 18.1. The highest BCUT2D eigenvalue weighted by Crippen LogP contribution is 2.34. The van der Waals surface area contributed by atoms with Crippen LogP contribution in [0, 0.1) is 0 Å². The average molecular weight is 322 g/mol. The van der Waals surface area contributed by atoms with Crippen molar-refractivity contribution < 1.29 is 9.90 Å². The molecule has 2 aromatic carbocycles. The van der Waals surface area contributed by atoms with Gasteiger partial charge in [0.15, 0.2) is 0 Å². The number of carboxylic acid groups (broad SMARTS) is 1. The van der Waals surface area contributed by atoms with Crippen LogP contribution in [0.2, 0.25) is 0 Å². The molecule has 0 unspecified atom stereocenters. The number of anilines is 1. The van der Waals surface area contributed by atoms with E-state index in [1.165, 1.54) is 25.7 Å². The van der Waals surface area contributed by atoms with Crippen LogP contribution >= 0.6 is 0 Å². The summed E-state index contributed by atoms with van der Waals surface area (Å²) in [6.07, 6.45) is 6.65. The number of hydrogen-bond acceptors (Lipinski definition) is 3. The molecular formula is C20H22N2O2. The molecule has 124 valence electrons. The molecule has 2 aromatic rings. The molecule has 1 N–H and O–H groups in total. The first kappa shape index (κ1) is 16.2. The second-order valence-corrected chi connectivity index (χ2v) is 6.23. The lowest BCUT2D eigenvalue weighted by molar-refractivity contribution is 0.0697. The molecule has 0 bridgehead atoms. The predicted octanol–water partition coefficient (Wildman–Crippen LogP) is 4.51. The van der Waals surface area contributed by atoms with E-state index in [1.54, 1.807) is 18.3 Å². The van der Waals surface area contributed by atoms with E-state index in [0.717, 1.165) is 11.3 Å². The van der Waals surface area contributed by atoms with E-state index >= 15 is 0 Å². The van der Waals surface area contributed by atoms with Crippen LogP contribution in [-0.4, -0.2) is 30.4 Å². The third kappa shape index (κ3) is 3.65. The number of nitrogens with zero attached hydrogens (tertiary/aromatic N) is 2.